The molecule has 24 heavy (non-hydrogen) atoms. The topological polar surface area (TPSA) is 46.9 Å². The summed E-state index contributed by atoms with van der Waals surface area (Å²) in [7, 11) is 0. The second-order valence-corrected chi connectivity index (χ2v) is 5.68. The van der Waals surface area contributed by atoms with Gasteiger partial charge in [-0.25, -0.2) is 4.98 Å². The summed E-state index contributed by atoms with van der Waals surface area (Å²) >= 11 is 0. The van der Waals surface area contributed by atoms with Crippen LogP contribution in [0.1, 0.15) is 17.3 Å². The number of carbonyl (C=O) groups is 1. The minimum atomic E-state index is -0.147. The van der Waals surface area contributed by atoms with Crippen molar-refractivity contribution in [2.75, 3.05) is 5.32 Å². The number of hydrogen-bond donors (Lipinski definition) is 1. The fourth-order valence-corrected chi connectivity index (χ4v) is 3.00. The zero-order valence-electron chi connectivity index (χ0n) is 13.4. The Hall–Kier alpha value is -3.14. The monoisotopic (exact) mass is 315 g/mol. The standard InChI is InChI=1S/C20H17N3O/c1-2-23-18-10-6-5-9-17(18)21-20(23)22-19(24)16-12-11-14-7-3-4-8-15(14)13-16/h3-13H,2H2,1H3,(H,21,22,24). The molecule has 0 saturated heterocycles. The van der Waals surface area contributed by atoms with Crippen LogP contribution in [0.4, 0.5) is 5.95 Å². The first-order valence-corrected chi connectivity index (χ1v) is 8.01. The lowest BCUT2D eigenvalue weighted by Gasteiger charge is -2.08. The van der Waals surface area contributed by atoms with E-state index in [-0.39, 0.29) is 5.91 Å². The predicted molar refractivity (Wildman–Crippen MR) is 97.3 cm³/mol. The average molecular weight is 315 g/mol. The molecule has 0 aliphatic heterocycles. The van der Waals surface area contributed by atoms with Crippen LogP contribution in [0.25, 0.3) is 21.8 Å². The Morgan fingerprint density at radius 2 is 1.75 bits per heavy atom. The van der Waals surface area contributed by atoms with E-state index < -0.39 is 0 Å². The molecule has 1 amide bonds. The number of anilines is 1. The summed E-state index contributed by atoms with van der Waals surface area (Å²) in [6, 6.07) is 21.6. The van der Waals surface area contributed by atoms with Crippen LogP contribution >= 0.6 is 0 Å². The summed E-state index contributed by atoms with van der Waals surface area (Å²) in [4.78, 5) is 17.2. The molecule has 0 bridgehead atoms. The minimum Gasteiger partial charge on any atom is -0.310 e. The van der Waals surface area contributed by atoms with E-state index in [9.17, 15) is 4.79 Å². The third kappa shape index (κ3) is 2.42. The van der Waals surface area contributed by atoms with Crippen molar-refractivity contribution < 1.29 is 4.79 Å². The minimum absolute atomic E-state index is 0.147. The third-order valence-electron chi connectivity index (χ3n) is 4.21. The number of benzene rings is 3. The third-order valence-corrected chi connectivity index (χ3v) is 4.21. The van der Waals surface area contributed by atoms with Gasteiger partial charge in [-0.3, -0.25) is 10.1 Å². The maximum Gasteiger partial charge on any atom is 0.257 e. The van der Waals surface area contributed by atoms with Crippen molar-refractivity contribution in [2.24, 2.45) is 0 Å². The van der Waals surface area contributed by atoms with E-state index in [0.29, 0.717) is 11.5 Å². The highest BCUT2D eigenvalue weighted by Gasteiger charge is 2.13. The second-order valence-electron chi connectivity index (χ2n) is 5.68. The van der Waals surface area contributed by atoms with E-state index in [4.69, 9.17) is 0 Å². The zero-order valence-corrected chi connectivity index (χ0v) is 13.4. The van der Waals surface area contributed by atoms with E-state index >= 15 is 0 Å². The number of nitrogens with zero attached hydrogens (tertiary/aromatic N) is 2. The Morgan fingerprint density at radius 1 is 1.00 bits per heavy atom. The highest BCUT2D eigenvalue weighted by atomic mass is 16.1. The molecule has 0 radical (unpaired) electrons. The molecule has 1 N–H and O–H groups in total. The summed E-state index contributed by atoms with van der Waals surface area (Å²) in [6.45, 7) is 2.79. The van der Waals surface area contributed by atoms with E-state index in [1.807, 2.05) is 78.2 Å². The van der Waals surface area contributed by atoms with Crippen LogP contribution in [-0.2, 0) is 6.54 Å². The second kappa shape index (κ2) is 5.81. The summed E-state index contributed by atoms with van der Waals surface area (Å²) in [6.07, 6.45) is 0. The SMILES string of the molecule is CCn1c(NC(=O)c2ccc3ccccc3c2)nc2ccccc21. The summed E-state index contributed by atoms with van der Waals surface area (Å²) < 4.78 is 2.01. The van der Waals surface area contributed by atoms with Crippen molar-refractivity contribution in [3.63, 3.8) is 0 Å². The number of aryl methyl sites for hydroxylation is 1. The van der Waals surface area contributed by atoms with Gasteiger partial charge in [0, 0.05) is 12.1 Å². The molecule has 1 aromatic heterocycles. The van der Waals surface area contributed by atoms with Gasteiger partial charge in [0.25, 0.3) is 5.91 Å². The van der Waals surface area contributed by atoms with Crippen LogP contribution < -0.4 is 5.32 Å². The van der Waals surface area contributed by atoms with Crippen LogP contribution in [0, 0.1) is 0 Å². The van der Waals surface area contributed by atoms with Crippen molar-refractivity contribution in [1.29, 1.82) is 0 Å². The fourth-order valence-electron chi connectivity index (χ4n) is 3.00. The smallest absolute Gasteiger partial charge is 0.257 e. The summed E-state index contributed by atoms with van der Waals surface area (Å²) in [5.74, 6) is 0.433. The molecule has 4 heteroatoms. The van der Waals surface area contributed by atoms with Crippen LogP contribution in [-0.4, -0.2) is 15.5 Å². The van der Waals surface area contributed by atoms with E-state index in [1.165, 1.54) is 0 Å². The van der Waals surface area contributed by atoms with Crippen molar-refractivity contribution >= 4 is 33.7 Å². The molecule has 4 aromatic rings. The molecule has 1 heterocycles. The van der Waals surface area contributed by atoms with Crippen LogP contribution in [0.3, 0.4) is 0 Å². The molecule has 4 nitrogen and oxygen atoms in total. The average Bonchev–Trinajstić information content (AvgIpc) is 2.98. The molecule has 0 aliphatic rings. The highest BCUT2D eigenvalue weighted by molar-refractivity contribution is 6.06. The molecule has 4 rings (SSSR count). The zero-order chi connectivity index (χ0) is 16.5. The van der Waals surface area contributed by atoms with Crippen LogP contribution in [0.2, 0.25) is 0 Å². The highest BCUT2D eigenvalue weighted by Crippen LogP contribution is 2.21. The number of hydrogen-bond acceptors (Lipinski definition) is 2. The number of rotatable bonds is 3. The molecule has 0 fully saturated rings. The molecular weight excluding hydrogens is 298 g/mol. The van der Waals surface area contributed by atoms with E-state index in [1.54, 1.807) is 0 Å². The van der Waals surface area contributed by atoms with Crippen molar-refractivity contribution in [3.05, 3.63) is 72.3 Å². The molecule has 118 valence electrons. The summed E-state index contributed by atoms with van der Waals surface area (Å²) in [5, 5.41) is 5.12. The Morgan fingerprint density at radius 3 is 2.58 bits per heavy atom. The number of imidazole rings is 1. The largest absolute Gasteiger partial charge is 0.310 e. The fraction of sp³-hybridized carbons (Fsp3) is 0.100. The lowest BCUT2D eigenvalue weighted by atomic mass is 10.1. The Labute approximate surface area is 139 Å². The van der Waals surface area contributed by atoms with Gasteiger partial charge in [-0.2, -0.15) is 0 Å². The Balaban J connectivity index is 1.70. The molecule has 0 aliphatic carbocycles. The first-order chi connectivity index (χ1) is 11.8. The first kappa shape index (κ1) is 14.5. The van der Waals surface area contributed by atoms with Gasteiger partial charge in [0.15, 0.2) is 0 Å². The first-order valence-electron chi connectivity index (χ1n) is 8.01. The summed E-state index contributed by atoms with van der Waals surface area (Å²) in [5.41, 5.74) is 2.53. The van der Waals surface area contributed by atoms with Gasteiger partial charge >= 0.3 is 0 Å². The molecule has 0 saturated carbocycles. The van der Waals surface area contributed by atoms with Crippen LogP contribution in [0.5, 0.6) is 0 Å². The molecule has 0 spiro atoms. The van der Waals surface area contributed by atoms with Crippen molar-refractivity contribution in [2.45, 2.75) is 13.5 Å². The predicted octanol–water partition coefficient (Wildman–Crippen LogP) is 4.46. The van der Waals surface area contributed by atoms with Crippen molar-refractivity contribution in [3.8, 4) is 0 Å². The van der Waals surface area contributed by atoms with Gasteiger partial charge in [-0.05, 0) is 42.0 Å². The van der Waals surface area contributed by atoms with Gasteiger partial charge in [0.1, 0.15) is 0 Å². The maximum atomic E-state index is 12.6. The Bertz CT molecular complexity index is 1050. The molecule has 3 aromatic carbocycles. The van der Waals surface area contributed by atoms with Gasteiger partial charge < -0.3 is 4.57 Å². The number of carbonyl (C=O) groups excluding carboxylic acids is 1. The molecule has 0 atom stereocenters. The van der Waals surface area contributed by atoms with Gasteiger partial charge in [0.05, 0.1) is 11.0 Å². The number of aromatic nitrogens is 2. The lowest BCUT2D eigenvalue weighted by Crippen LogP contribution is -2.15. The van der Waals surface area contributed by atoms with Crippen molar-refractivity contribution in [1.82, 2.24) is 9.55 Å². The number of fused-ring (bicyclic) bond motifs is 2. The quantitative estimate of drug-likeness (QED) is 0.606. The number of para-hydroxylation sites is 2. The number of nitrogens with one attached hydrogen (secondary N) is 1. The normalized spacial score (nSPS) is 11.0. The molecule has 0 unspecified atom stereocenters. The lowest BCUT2D eigenvalue weighted by molar-refractivity contribution is 0.102. The number of amides is 1. The van der Waals surface area contributed by atoms with Crippen LogP contribution in [0.15, 0.2) is 66.7 Å². The van der Waals surface area contributed by atoms with Gasteiger partial charge in [0.2, 0.25) is 5.95 Å². The molecular formula is C20H17N3O. The van der Waals surface area contributed by atoms with Gasteiger partial charge in [-0.1, -0.05) is 42.5 Å². The van der Waals surface area contributed by atoms with E-state index in [2.05, 4.69) is 10.3 Å². The van der Waals surface area contributed by atoms with Gasteiger partial charge in [-0.15, -0.1) is 0 Å². The Kier molecular flexibility index (Phi) is 3.50. The maximum absolute atomic E-state index is 12.6. The van der Waals surface area contributed by atoms with E-state index in [0.717, 1.165) is 28.4 Å².